The fraction of sp³-hybridized carbons (Fsp3) is 0.591. The molecule has 1 saturated heterocycles. The molecule has 5 rings (SSSR count). The molecule has 6 nitrogen and oxygen atoms in total. The van der Waals surface area contributed by atoms with Crippen molar-refractivity contribution in [2.75, 3.05) is 26.7 Å². The Morgan fingerprint density at radius 3 is 2.89 bits per heavy atom. The highest BCUT2D eigenvalue weighted by molar-refractivity contribution is 5.97. The van der Waals surface area contributed by atoms with E-state index in [1.54, 1.807) is 0 Å². The van der Waals surface area contributed by atoms with Crippen molar-refractivity contribution in [2.45, 2.75) is 57.9 Å². The lowest BCUT2D eigenvalue weighted by Gasteiger charge is -2.29. The Balaban J connectivity index is 1.36. The van der Waals surface area contributed by atoms with Gasteiger partial charge in [0.1, 0.15) is 17.3 Å². The monoisotopic (exact) mass is 380 g/mol. The number of hydrogen-bond acceptors (Lipinski definition) is 5. The summed E-state index contributed by atoms with van der Waals surface area (Å²) in [6, 6.07) is 0. The summed E-state index contributed by atoms with van der Waals surface area (Å²) < 4.78 is 5.92. The smallest absolute Gasteiger partial charge is 0.257 e. The van der Waals surface area contributed by atoms with Crippen LogP contribution in [0.5, 0.6) is 0 Å². The van der Waals surface area contributed by atoms with E-state index in [4.69, 9.17) is 9.40 Å². The maximum atomic E-state index is 13.3. The Bertz CT molecular complexity index is 920. The lowest BCUT2D eigenvalue weighted by Crippen LogP contribution is -2.37. The molecule has 0 N–H and O–H groups in total. The summed E-state index contributed by atoms with van der Waals surface area (Å²) in [5, 5.41) is 0. The van der Waals surface area contributed by atoms with Crippen LogP contribution in [0.4, 0.5) is 0 Å². The van der Waals surface area contributed by atoms with Gasteiger partial charge in [0, 0.05) is 55.7 Å². The van der Waals surface area contributed by atoms with Crippen LogP contribution in [0.15, 0.2) is 10.6 Å². The van der Waals surface area contributed by atoms with E-state index < -0.39 is 0 Å². The van der Waals surface area contributed by atoms with E-state index in [1.165, 1.54) is 0 Å². The third-order valence-electron chi connectivity index (χ3n) is 6.56. The molecule has 0 radical (unpaired) electrons. The van der Waals surface area contributed by atoms with E-state index in [1.807, 2.05) is 18.0 Å². The van der Waals surface area contributed by atoms with Crippen molar-refractivity contribution in [3.63, 3.8) is 0 Å². The van der Waals surface area contributed by atoms with Crippen molar-refractivity contribution < 1.29 is 9.21 Å². The van der Waals surface area contributed by atoms with Crippen LogP contribution in [0.3, 0.4) is 0 Å². The van der Waals surface area contributed by atoms with Crippen LogP contribution >= 0.6 is 0 Å². The van der Waals surface area contributed by atoms with Gasteiger partial charge in [0.2, 0.25) is 0 Å². The molecular weight excluding hydrogens is 352 g/mol. The number of aromatic nitrogens is 2. The van der Waals surface area contributed by atoms with Crippen molar-refractivity contribution >= 4 is 5.91 Å². The Hall–Kier alpha value is -2.21. The van der Waals surface area contributed by atoms with Gasteiger partial charge in [0.25, 0.3) is 5.91 Å². The standard InChI is InChI=1S/C22H28N4O2/c1-14-20(17-5-3-4-6-19(17)28-14)22(27)26-10-8-18-16(13-26)11-23-21(24-18)15-7-9-25(2)12-15/h11,15H,3-10,12-13H2,1-2H3. The van der Waals surface area contributed by atoms with Crippen molar-refractivity contribution in [1.29, 1.82) is 0 Å². The first-order valence-electron chi connectivity index (χ1n) is 10.5. The van der Waals surface area contributed by atoms with Crippen LogP contribution < -0.4 is 0 Å². The first-order chi connectivity index (χ1) is 13.6. The van der Waals surface area contributed by atoms with Gasteiger partial charge < -0.3 is 14.2 Å². The zero-order chi connectivity index (χ0) is 19.3. The van der Waals surface area contributed by atoms with E-state index in [-0.39, 0.29) is 5.91 Å². The second-order valence-corrected chi connectivity index (χ2v) is 8.57. The maximum absolute atomic E-state index is 13.3. The molecule has 148 valence electrons. The van der Waals surface area contributed by atoms with E-state index in [2.05, 4.69) is 16.9 Å². The first-order valence-corrected chi connectivity index (χ1v) is 10.5. The summed E-state index contributed by atoms with van der Waals surface area (Å²) in [5.41, 5.74) is 4.17. The van der Waals surface area contributed by atoms with Crippen LogP contribution in [0.25, 0.3) is 0 Å². The largest absolute Gasteiger partial charge is 0.465 e. The number of aryl methyl sites for hydroxylation is 2. The summed E-state index contributed by atoms with van der Waals surface area (Å²) in [6.07, 6.45) is 8.10. The van der Waals surface area contributed by atoms with Crippen molar-refractivity contribution in [3.05, 3.63) is 45.9 Å². The summed E-state index contributed by atoms with van der Waals surface area (Å²) >= 11 is 0. The predicted octanol–water partition coefficient (Wildman–Crippen LogP) is 2.87. The van der Waals surface area contributed by atoms with Crippen molar-refractivity contribution in [3.8, 4) is 0 Å². The summed E-state index contributed by atoms with van der Waals surface area (Å²) in [7, 11) is 2.15. The molecule has 28 heavy (non-hydrogen) atoms. The summed E-state index contributed by atoms with van der Waals surface area (Å²) in [6.45, 7) is 5.39. The highest BCUT2D eigenvalue weighted by Gasteiger charge is 2.31. The highest BCUT2D eigenvalue weighted by atomic mass is 16.3. The second-order valence-electron chi connectivity index (χ2n) is 8.57. The molecular formula is C22H28N4O2. The van der Waals surface area contributed by atoms with Gasteiger partial charge in [-0.3, -0.25) is 4.79 Å². The molecule has 3 aliphatic rings. The highest BCUT2D eigenvalue weighted by Crippen LogP contribution is 2.32. The molecule has 6 heteroatoms. The van der Waals surface area contributed by atoms with Gasteiger partial charge in [-0.05, 0) is 46.2 Å². The van der Waals surface area contributed by atoms with Crippen LogP contribution in [-0.4, -0.2) is 52.4 Å². The maximum Gasteiger partial charge on any atom is 0.257 e. The number of nitrogens with zero attached hydrogens (tertiary/aromatic N) is 4. The Kier molecular flexibility index (Phi) is 4.46. The van der Waals surface area contributed by atoms with E-state index >= 15 is 0 Å². The fourth-order valence-corrected chi connectivity index (χ4v) is 4.99. The van der Waals surface area contributed by atoms with Crippen molar-refractivity contribution in [2.24, 2.45) is 0 Å². The van der Waals surface area contributed by atoms with E-state index in [0.29, 0.717) is 19.0 Å². The molecule has 1 fully saturated rings. The minimum absolute atomic E-state index is 0.108. The topological polar surface area (TPSA) is 62.5 Å². The number of likely N-dealkylation sites (tertiary alicyclic amines) is 1. The predicted molar refractivity (Wildman–Crippen MR) is 105 cm³/mol. The number of rotatable bonds is 2. The minimum atomic E-state index is 0.108. The Morgan fingerprint density at radius 1 is 1.21 bits per heavy atom. The van der Waals surface area contributed by atoms with Crippen molar-refractivity contribution in [1.82, 2.24) is 19.8 Å². The molecule has 0 bridgehead atoms. The van der Waals surface area contributed by atoms with Gasteiger partial charge in [-0.1, -0.05) is 0 Å². The Morgan fingerprint density at radius 2 is 2.07 bits per heavy atom. The Labute approximate surface area is 165 Å². The molecule has 1 amide bonds. The lowest BCUT2D eigenvalue weighted by atomic mass is 9.93. The van der Waals surface area contributed by atoms with Gasteiger partial charge >= 0.3 is 0 Å². The third kappa shape index (κ3) is 3.04. The number of amides is 1. The molecule has 2 aromatic rings. The molecule has 1 unspecified atom stereocenters. The van der Waals surface area contributed by atoms with Gasteiger partial charge in [-0.15, -0.1) is 0 Å². The van der Waals surface area contributed by atoms with Gasteiger partial charge in [0.05, 0.1) is 11.3 Å². The third-order valence-corrected chi connectivity index (χ3v) is 6.56. The first kappa shape index (κ1) is 17.9. The molecule has 0 aromatic carbocycles. The number of hydrogen-bond donors (Lipinski definition) is 0. The normalized spacial score (nSPS) is 22.2. The van der Waals surface area contributed by atoms with Crippen LogP contribution in [0.2, 0.25) is 0 Å². The minimum Gasteiger partial charge on any atom is -0.465 e. The number of carbonyl (C=O) groups excluding carboxylic acids is 1. The zero-order valence-electron chi connectivity index (χ0n) is 16.8. The molecule has 2 aliphatic heterocycles. The quantitative estimate of drug-likeness (QED) is 0.802. The SMILES string of the molecule is Cc1oc2c(c1C(=O)N1CCc3nc(C4CCN(C)C4)ncc3C1)CCCC2. The average molecular weight is 380 g/mol. The molecule has 0 spiro atoms. The summed E-state index contributed by atoms with van der Waals surface area (Å²) in [5.74, 6) is 3.33. The van der Waals surface area contributed by atoms with Gasteiger partial charge in [-0.25, -0.2) is 9.97 Å². The molecule has 1 atom stereocenters. The lowest BCUT2D eigenvalue weighted by molar-refractivity contribution is 0.0730. The average Bonchev–Trinajstić information content (AvgIpc) is 3.29. The molecule has 1 aliphatic carbocycles. The van der Waals surface area contributed by atoms with E-state index in [9.17, 15) is 4.79 Å². The van der Waals surface area contributed by atoms with Gasteiger partial charge in [-0.2, -0.15) is 0 Å². The zero-order valence-corrected chi connectivity index (χ0v) is 16.8. The molecule has 4 heterocycles. The van der Waals surface area contributed by atoms with Gasteiger partial charge in [0.15, 0.2) is 0 Å². The number of fused-ring (bicyclic) bond motifs is 2. The number of carbonyl (C=O) groups is 1. The number of furan rings is 1. The van der Waals surface area contributed by atoms with Crippen LogP contribution in [-0.2, 0) is 25.8 Å². The number of likely N-dealkylation sites (N-methyl/N-ethyl adjacent to an activating group) is 1. The molecule has 2 aromatic heterocycles. The van der Waals surface area contributed by atoms with Crippen LogP contribution in [0, 0.1) is 6.92 Å². The fourth-order valence-electron chi connectivity index (χ4n) is 4.99. The summed E-state index contributed by atoms with van der Waals surface area (Å²) in [4.78, 5) is 27.1. The van der Waals surface area contributed by atoms with Crippen LogP contribution in [0.1, 0.15) is 69.7 Å². The van der Waals surface area contributed by atoms with E-state index in [0.717, 1.165) is 91.3 Å². The molecule has 0 saturated carbocycles. The second kappa shape index (κ2) is 6.99.